The van der Waals surface area contributed by atoms with Gasteiger partial charge >= 0.3 is 0 Å². The lowest BCUT2D eigenvalue weighted by Gasteiger charge is -2.16. The number of amides is 1. The number of hydrogen-bond donors (Lipinski definition) is 1. The molecular formula is C21H21F2N3OS. The smallest absolute Gasteiger partial charge is 0.234 e. The summed E-state index contributed by atoms with van der Waals surface area (Å²) in [5.74, 6) is -1.81. The molecule has 0 aliphatic heterocycles. The highest BCUT2D eigenvalue weighted by atomic mass is 32.2. The summed E-state index contributed by atoms with van der Waals surface area (Å²) in [6.45, 7) is 4.21. The highest BCUT2D eigenvalue weighted by Gasteiger charge is 2.15. The van der Waals surface area contributed by atoms with Gasteiger partial charge in [-0.1, -0.05) is 43.8 Å². The minimum atomic E-state index is -0.802. The van der Waals surface area contributed by atoms with E-state index in [1.54, 1.807) is 6.20 Å². The summed E-state index contributed by atoms with van der Waals surface area (Å²) in [5, 5.41) is 3.15. The number of thioether (sulfide) groups is 1. The summed E-state index contributed by atoms with van der Waals surface area (Å²) in [6, 6.07) is 9.28. The first-order valence-corrected chi connectivity index (χ1v) is 10.0. The molecular weight excluding hydrogens is 380 g/mol. The monoisotopic (exact) mass is 401 g/mol. The van der Waals surface area contributed by atoms with Crippen LogP contribution >= 0.6 is 11.8 Å². The van der Waals surface area contributed by atoms with Gasteiger partial charge in [0.05, 0.1) is 17.1 Å². The maximum atomic E-state index is 13.7. The Morgan fingerprint density at radius 3 is 2.50 bits per heavy atom. The summed E-state index contributed by atoms with van der Waals surface area (Å²) in [5.41, 5.74) is 3.46. The van der Waals surface area contributed by atoms with Crippen molar-refractivity contribution in [1.29, 1.82) is 0 Å². The predicted molar refractivity (Wildman–Crippen MR) is 108 cm³/mol. The predicted octanol–water partition coefficient (Wildman–Crippen LogP) is 5.01. The van der Waals surface area contributed by atoms with Crippen LogP contribution in [0.5, 0.6) is 0 Å². The number of hydrogen-bond acceptors (Lipinski definition) is 3. The van der Waals surface area contributed by atoms with Crippen LogP contribution in [0.1, 0.15) is 25.0 Å². The Balaban J connectivity index is 1.76. The van der Waals surface area contributed by atoms with E-state index < -0.39 is 11.6 Å². The van der Waals surface area contributed by atoms with Gasteiger partial charge in [-0.2, -0.15) is 0 Å². The highest BCUT2D eigenvalue weighted by molar-refractivity contribution is 7.99. The topological polar surface area (TPSA) is 46.9 Å². The number of benzene rings is 2. The Hall–Kier alpha value is -2.67. The number of halogens is 2. The van der Waals surface area contributed by atoms with Crippen molar-refractivity contribution < 1.29 is 13.6 Å². The Morgan fingerprint density at radius 1 is 1.14 bits per heavy atom. The van der Waals surface area contributed by atoms with Gasteiger partial charge in [0.15, 0.2) is 5.16 Å². The third-order valence-corrected chi connectivity index (χ3v) is 5.32. The molecule has 0 bridgehead atoms. The SMILES string of the molecule is CCc1cccc(CC)c1-n1ccnc1SCC(=O)Nc1ccc(F)cc1F. The minimum Gasteiger partial charge on any atom is -0.323 e. The molecule has 0 unspecified atom stereocenters. The molecule has 7 heteroatoms. The number of rotatable bonds is 7. The average molecular weight is 401 g/mol. The standard InChI is InChI=1S/C21H21F2N3OS/c1-3-14-6-5-7-15(4-2)20(14)26-11-10-24-21(26)28-13-19(27)25-18-9-8-16(22)12-17(18)23/h5-12H,3-4,13H2,1-2H3,(H,25,27). The van der Waals surface area contributed by atoms with Crippen LogP contribution in [0.4, 0.5) is 14.5 Å². The molecule has 1 amide bonds. The molecule has 0 fully saturated rings. The maximum Gasteiger partial charge on any atom is 0.234 e. The molecule has 2 aromatic carbocycles. The van der Waals surface area contributed by atoms with Crippen LogP contribution < -0.4 is 5.32 Å². The molecule has 0 atom stereocenters. The van der Waals surface area contributed by atoms with Crippen LogP contribution in [-0.2, 0) is 17.6 Å². The summed E-state index contributed by atoms with van der Waals surface area (Å²) < 4.78 is 28.7. The van der Waals surface area contributed by atoms with E-state index in [1.165, 1.54) is 29.0 Å². The summed E-state index contributed by atoms with van der Waals surface area (Å²) >= 11 is 1.27. The zero-order valence-corrected chi connectivity index (χ0v) is 16.5. The lowest BCUT2D eigenvalue weighted by atomic mass is 10.0. The van der Waals surface area contributed by atoms with Crippen molar-refractivity contribution in [3.05, 3.63) is 71.6 Å². The van der Waals surface area contributed by atoms with Crippen LogP contribution in [0.2, 0.25) is 0 Å². The fourth-order valence-corrected chi connectivity index (χ4v) is 3.76. The molecule has 0 saturated heterocycles. The number of aryl methyl sites for hydroxylation is 2. The van der Waals surface area contributed by atoms with Crippen LogP contribution in [-0.4, -0.2) is 21.2 Å². The first kappa shape index (κ1) is 20.1. The van der Waals surface area contributed by atoms with Crippen molar-refractivity contribution in [3.63, 3.8) is 0 Å². The van der Waals surface area contributed by atoms with E-state index in [-0.39, 0.29) is 17.3 Å². The van der Waals surface area contributed by atoms with Crippen molar-refractivity contribution in [2.75, 3.05) is 11.1 Å². The van der Waals surface area contributed by atoms with Crippen LogP contribution in [0, 0.1) is 11.6 Å². The average Bonchev–Trinajstić information content (AvgIpc) is 3.16. The van der Waals surface area contributed by atoms with Crippen LogP contribution in [0.25, 0.3) is 5.69 Å². The normalized spacial score (nSPS) is 10.9. The second-order valence-electron chi connectivity index (χ2n) is 6.17. The van der Waals surface area contributed by atoms with Gasteiger partial charge in [-0.15, -0.1) is 0 Å². The van der Waals surface area contributed by atoms with Gasteiger partial charge in [0.1, 0.15) is 11.6 Å². The quantitative estimate of drug-likeness (QED) is 0.567. The zero-order valence-electron chi connectivity index (χ0n) is 15.7. The summed E-state index contributed by atoms with van der Waals surface area (Å²) in [7, 11) is 0. The second kappa shape index (κ2) is 9.01. The molecule has 146 valence electrons. The molecule has 0 saturated carbocycles. The fraction of sp³-hybridized carbons (Fsp3) is 0.238. The van der Waals surface area contributed by atoms with E-state index >= 15 is 0 Å². The number of aromatic nitrogens is 2. The highest BCUT2D eigenvalue weighted by Crippen LogP contribution is 2.27. The van der Waals surface area contributed by atoms with E-state index in [2.05, 4.69) is 42.3 Å². The fourth-order valence-electron chi connectivity index (χ4n) is 3.00. The maximum absolute atomic E-state index is 13.7. The molecule has 0 aliphatic carbocycles. The van der Waals surface area contributed by atoms with Crippen molar-refractivity contribution >= 4 is 23.4 Å². The van der Waals surface area contributed by atoms with E-state index in [0.717, 1.165) is 30.7 Å². The molecule has 1 N–H and O–H groups in total. The number of nitrogens with zero attached hydrogens (tertiary/aromatic N) is 2. The summed E-state index contributed by atoms with van der Waals surface area (Å²) in [4.78, 5) is 16.6. The van der Waals surface area contributed by atoms with Crippen LogP contribution in [0.3, 0.4) is 0 Å². The number of para-hydroxylation sites is 1. The van der Waals surface area contributed by atoms with E-state index in [0.29, 0.717) is 5.16 Å². The van der Waals surface area contributed by atoms with Gasteiger partial charge in [-0.25, -0.2) is 13.8 Å². The van der Waals surface area contributed by atoms with Gasteiger partial charge in [-0.05, 0) is 36.1 Å². The number of imidazole rings is 1. The zero-order chi connectivity index (χ0) is 20.1. The lowest BCUT2D eigenvalue weighted by Crippen LogP contribution is -2.15. The van der Waals surface area contributed by atoms with Crippen molar-refractivity contribution in [2.45, 2.75) is 31.8 Å². The minimum absolute atomic E-state index is 0.0417. The first-order valence-electron chi connectivity index (χ1n) is 9.05. The molecule has 3 rings (SSSR count). The van der Waals surface area contributed by atoms with Gasteiger partial charge in [0.25, 0.3) is 0 Å². The first-order chi connectivity index (χ1) is 13.5. The van der Waals surface area contributed by atoms with E-state index in [4.69, 9.17) is 0 Å². The van der Waals surface area contributed by atoms with E-state index in [1.807, 2.05) is 10.8 Å². The van der Waals surface area contributed by atoms with Crippen molar-refractivity contribution in [1.82, 2.24) is 9.55 Å². The van der Waals surface area contributed by atoms with Gasteiger partial charge in [0.2, 0.25) is 5.91 Å². The van der Waals surface area contributed by atoms with Gasteiger partial charge in [-0.3, -0.25) is 9.36 Å². The molecule has 0 radical (unpaired) electrons. The van der Waals surface area contributed by atoms with Gasteiger partial charge < -0.3 is 5.32 Å². The Kier molecular flexibility index (Phi) is 6.46. The molecule has 0 aliphatic rings. The van der Waals surface area contributed by atoms with Gasteiger partial charge in [0, 0.05) is 18.5 Å². The number of carbonyl (C=O) groups excluding carboxylic acids is 1. The number of carbonyl (C=O) groups is 1. The van der Waals surface area contributed by atoms with Crippen LogP contribution in [0.15, 0.2) is 53.9 Å². The van der Waals surface area contributed by atoms with Crippen molar-refractivity contribution in [3.8, 4) is 5.69 Å². The Bertz CT molecular complexity index is 965. The third kappa shape index (κ3) is 4.42. The Labute approximate surface area is 167 Å². The summed E-state index contributed by atoms with van der Waals surface area (Å²) in [6.07, 6.45) is 5.35. The second-order valence-corrected chi connectivity index (χ2v) is 7.12. The molecule has 1 aromatic heterocycles. The third-order valence-electron chi connectivity index (χ3n) is 4.35. The molecule has 1 heterocycles. The molecule has 4 nitrogen and oxygen atoms in total. The molecule has 0 spiro atoms. The molecule has 28 heavy (non-hydrogen) atoms. The number of nitrogens with one attached hydrogen (secondary N) is 1. The Morgan fingerprint density at radius 2 is 1.86 bits per heavy atom. The largest absolute Gasteiger partial charge is 0.323 e. The number of anilines is 1. The molecule has 3 aromatic rings. The van der Waals surface area contributed by atoms with E-state index in [9.17, 15) is 13.6 Å². The lowest BCUT2D eigenvalue weighted by molar-refractivity contribution is -0.113. The van der Waals surface area contributed by atoms with Crippen molar-refractivity contribution in [2.24, 2.45) is 0 Å².